The van der Waals surface area contributed by atoms with Crippen molar-refractivity contribution in [1.29, 1.82) is 0 Å². The Morgan fingerprint density at radius 3 is 1.58 bits per heavy atom. The van der Waals surface area contributed by atoms with Crippen LogP contribution in [0.4, 0.5) is 0 Å². The molecule has 2 aromatic carbocycles. The first-order valence-corrected chi connectivity index (χ1v) is 7.19. The fraction of sp³-hybridized carbons (Fsp3) is 0.333. The van der Waals surface area contributed by atoms with E-state index < -0.39 is 0 Å². The van der Waals surface area contributed by atoms with Gasteiger partial charge < -0.3 is 5.32 Å². The van der Waals surface area contributed by atoms with E-state index in [1.165, 1.54) is 30.5 Å². The topological polar surface area (TPSA) is 12.0 Å². The lowest BCUT2D eigenvalue weighted by Crippen LogP contribution is -2.13. The molecule has 1 N–H and O–H groups in total. The zero-order chi connectivity index (χ0) is 13.8. The molecule has 0 spiro atoms. The maximum atomic E-state index is 3.25. The lowest BCUT2D eigenvalue weighted by molar-refractivity contribution is 0.663. The van der Waals surface area contributed by atoms with Crippen LogP contribution in [0.5, 0.6) is 0 Å². The summed E-state index contributed by atoms with van der Waals surface area (Å²) >= 11 is 0. The van der Waals surface area contributed by atoms with Gasteiger partial charge in [0.05, 0.1) is 0 Å². The van der Waals surface area contributed by atoms with Crippen LogP contribution in [0, 0.1) is 0 Å². The minimum absolute atomic E-state index is 1.11. The van der Waals surface area contributed by atoms with Gasteiger partial charge in [0.15, 0.2) is 0 Å². The fourth-order valence-corrected chi connectivity index (χ4v) is 1.74. The summed E-state index contributed by atoms with van der Waals surface area (Å²) in [6.45, 7) is 6.64. The van der Waals surface area contributed by atoms with Gasteiger partial charge in [0.25, 0.3) is 0 Å². The van der Waals surface area contributed by atoms with Gasteiger partial charge in [-0.15, -0.1) is 0 Å². The molecular weight excluding hydrogens is 230 g/mol. The monoisotopic (exact) mass is 255 g/mol. The van der Waals surface area contributed by atoms with Gasteiger partial charge >= 0.3 is 0 Å². The molecule has 0 radical (unpaired) electrons. The SMILES string of the molecule is CCCCNCC.c1ccc(-c2ccccc2)cc1. The summed E-state index contributed by atoms with van der Waals surface area (Å²) in [6.07, 6.45) is 2.61. The van der Waals surface area contributed by atoms with E-state index in [1.54, 1.807) is 0 Å². The predicted molar refractivity (Wildman–Crippen MR) is 85.3 cm³/mol. The predicted octanol–water partition coefficient (Wildman–Crippen LogP) is 4.75. The number of hydrogen-bond donors (Lipinski definition) is 1. The van der Waals surface area contributed by atoms with Crippen LogP contribution in [0.3, 0.4) is 0 Å². The summed E-state index contributed by atoms with van der Waals surface area (Å²) in [5, 5.41) is 3.25. The Morgan fingerprint density at radius 2 is 1.21 bits per heavy atom. The Labute approximate surface area is 117 Å². The largest absolute Gasteiger partial charge is 0.317 e. The van der Waals surface area contributed by atoms with E-state index in [-0.39, 0.29) is 0 Å². The smallest absolute Gasteiger partial charge is 0.00491 e. The van der Waals surface area contributed by atoms with Gasteiger partial charge in [0.1, 0.15) is 0 Å². The van der Waals surface area contributed by atoms with Crippen molar-refractivity contribution < 1.29 is 0 Å². The van der Waals surface area contributed by atoms with Crippen molar-refractivity contribution in [3.63, 3.8) is 0 Å². The third kappa shape index (κ3) is 6.78. The third-order valence-corrected chi connectivity index (χ3v) is 2.84. The average Bonchev–Trinajstić information content (AvgIpc) is 2.50. The van der Waals surface area contributed by atoms with Crippen molar-refractivity contribution in [3.05, 3.63) is 60.7 Å². The van der Waals surface area contributed by atoms with Crippen LogP contribution in [0.2, 0.25) is 0 Å². The van der Waals surface area contributed by atoms with Gasteiger partial charge in [0.2, 0.25) is 0 Å². The maximum Gasteiger partial charge on any atom is -0.00491 e. The Balaban J connectivity index is 0.000000224. The van der Waals surface area contributed by atoms with Gasteiger partial charge in [-0.25, -0.2) is 0 Å². The van der Waals surface area contributed by atoms with Gasteiger partial charge in [-0.05, 0) is 30.6 Å². The third-order valence-electron chi connectivity index (χ3n) is 2.84. The Hall–Kier alpha value is -1.60. The molecule has 0 fully saturated rings. The summed E-state index contributed by atoms with van der Waals surface area (Å²) in [4.78, 5) is 0. The Morgan fingerprint density at radius 1 is 0.737 bits per heavy atom. The van der Waals surface area contributed by atoms with E-state index in [0.29, 0.717) is 0 Å². The van der Waals surface area contributed by atoms with Crippen LogP contribution in [0.1, 0.15) is 26.7 Å². The number of unbranched alkanes of at least 4 members (excludes halogenated alkanes) is 1. The van der Waals surface area contributed by atoms with Crippen molar-refractivity contribution >= 4 is 0 Å². The van der Waals surface area contributed by atoms with Crippen LogP contribution >= 0.6 is 0 Å². The molecule has 0 saturated carbocycles. The number of hydrogen-bond acceptors (Lipinski definition) is 1. The quantitative estimate of drug-likeness (QED) is 0.760. The van der Waals surface area contributed by atoms with Gasteiger partial charge in [-0.3, -0.25) is 0 Å². The molecule has 19 heavy (non-hydrogen) atoms. The Bertz CT molecular complexity index is 367. The average molecular weight is 255 g/mol. The van der Waals surface area contributed by atoms with Crippen molar-refractivity contribution in [1.82, 2.24) is 5.32 Å². The molecule has 2 aromatic rings. The van der Waals surface area contributed by atoms with E-state index in [4.69, 9.17) is 0 Å². The van der Waals surface area contributed by atoms with Gasteiger partial charge in [-0.2, -0.15) is 0 Å². The number of rotatable bonds is 5. The summed E-state index contributed by atoms with van der Waals surface area (Å²) in [5.41, 5.74) is 2.55. The van der Waals surface area contributed by atoms with E-state index >= 15 is 0 Å². The fourth-order valence-electron chi connectivity index (χ4n) is 1.74. The second-order valence-electron chi connectivity index (χ2n) is 4.44. The highest BCUT2D eigenvalue weighted by Crippen LogP contribution is 2.17. The molecule has 2 rings (SSSR count). The highest BCUT2D eigenvalue weighted by atomic mass is 14.8. The molecule has 0 aliphatic carbocycles. The first kappa shape index (κ1) is 15.5. The molecule has 0 aliphatic heterocycles. The molecular formula is C18H25N. The van der Waals surface area contributed by atoms with Crippen LogP contribution < -0.4 is 5.32 Å². The lowest BCUT2D eigenvalue weighted by Gasteiger charge is -1.98. The number of nitrogens with one attached hydrogen (secondary N) is 1. The normalized spacial score (nSPS) is 9.58. The molecule has 0 aromatic heterocycles. The molecule has 0 atom stereocenters. The summed E-state index contributed by atoms with van der Waals surface area (Å²) < 4.78 is 0. The molecule has 0 amide bonds. The standard InChI is InChI=1S/C12H10.C6H15N/c1-3-7-11(8-4-1)12-9-5-2-6-10-12;1-3-5-6-7-4-2/h1-10H;7H,3-6H2,1-2H3. The zero-order valence-corrected chi connectivity index (χ0v) is 12.1. The van der Waals surface area contributed by atoms with Crippen LogP contribution in [0.25, 0.3) is 11.1 Å². The maximum absolute atomic E-state index is 3.25. The zero-order valence-electron chi connectivity index (χ0n) is 12.1. The molecule has 1 nitrogen and oxygen atoms in total. The molecule has 0 bridgehead atoms. The van der Waals surface area contributed by atoms with Crippen molar-refractivity contribution in [3.8, 4) is 11.1 Å². The lowest BCUT2D eigenvalue weighted by atomic mass is 10.1. The second-order valence-corrected chi connectivity index (χ2v) is 4.44. The summed E-state index contributed by atoms with van der Waals surface area (Å²) in [6, 6.07) is 20.8. The van der Waals surface area contributed by atoms with E-state index in [0.717, 1.165) is 6.54 Å². The highest BCUT2D eigenvalue weighted by Gasteiger charge is 1.91. The highest BCUT2D eigenvalue weighted by molar-refractivity contribution is 5.62. The van der Waals surface area contributed by atoms with E-state index in [9.17, 15) is 0 Å². The van der Waals surface area contributed by atoms with Crippen molar-refractivity contribution in [2.45, 2.75) is 26.7 Å². The molecule has 102 valence electrons. The van der Waals surface area contributed by atoms with Crippen LogP contribution in [-0.2, 0) is 0 Å². The van der Waals surface area contributed by atoms with Crippen LogP contribution in [0.15, 0.2) is 60.7 Å². The van der Waals surface area contributed by atoms with E-state index in [2.05, 4.69) is 67.7 Å². The molecule has 0 saturated heterocycles. The molecule has 0 heterocycles. The molecule has 0 aliphatic rings. The summed E-state index contributed by atoms with van der Waals surface area (Å²) in [7, 11) is 0. The van der Waals surface area contributed by atoms with Gasteiger partial charge in [-0.1, -0.05) is 80.9 Å². The van der Waals surface area contributed by atoms with Crippen molar-refractivity contribution in [2.24, 2.45) is 0 Å². The van der Waals surface area contributed by atoms with E-state index in [1.807, 2.05) is 12.1 Å². The molecule has 0 unspecified atom stereocenters. The first-order valence-electron chi connectivity index (χ1n) is 7.19. The second kappa shape index (κ2) is 10.3. The van der Waals surface area contributed by atoms with Gasteiger partial charge in [0, 0.05) is 0 Å². The minimum atomic E-state index is 1.11. The summed E-state index contributed by atoms with van der Waals surface area (Å²) in [5.74, 6) is 0. The van der Waals surface area contributed by atoms with Crippen molar-refractivity contribution in [2.75, 3.05) is 13.1 Å². The molecule has 1 heteroatoms. The first-order chi connectivity index (χ1) is 9.38. The Kier molecular flexibility index (Phi) is 8.41. The minimum Gasteiger partial charge on any atom is -0.317 e. The number of benzene rings is 2. The van der Waals surface area contributed by atoms with Crippen LogP contribution in [-0.4, -0.2) is 13.1 Å².